The Bertz CT molecular complexity index is 1410. The van der Waals surface area contributed by atoms with Crippen molar-refractivity contribution in [3.05, 3.63) is 91.0 Å². The van der Waals surface area contributed by atoms with Crippen LogP contribution in [0.3, 0.4) is 0 Å². The molecule has 0 aliphatic carbocycles. The van der Waals surface area contributed by atoms with E-state index in [0.29, 0.717) is 59.0 Å². The minimum absolute atomic E-state index is 0.111. The SMILES string of the molecule is Nc1oc2ccccc2c(=O)c1CN1CCc2nc(-c3ccc(Cl)cc3)[nH]c(=O)c2C1. The second-order valence-electron chi connectivity index (χ2n) is 7.58. The summed E-state index contributed by atoms with van der Waals surface area (Å²) >= 11 is 5.95. The lowest BCUT2D eigenvalue weighted by Crippen LogP contribution is -2.36. The van der Waals surface area contributed by atoms with Gasteiger partial charge in [-0.15, -0.1) is 0 Å². The molecule has 4 aromatic rings. The summed E-state index contributed by atoms with van der Waals surface area (Å²) in [6.45, 7) is 1.33. The maximum Gasteiger partial charge on any atom is 0.255 e. The van der Waals surface area contributed by atoms with Crippen LogP contribution in [-0.4, -0.2) is 21.4 Å². The van der Waals surface area contributed by atoms with Gasteiger partial charge in [-0.2, -0.15) is 0 Å². The molecular weight excluding hydrogens is 416 g/mol. The number of H-pyrrole nitrogens is 1. The van der Waals surface area contributed by atoms with Gasteiger partial charge in [-0.3, -0.25) is 14.5 Å². The van der Waals surface area contributed by atoms with E-state index in [0.717, 1.165) is 11.3 Å². The molecule has 0 saturated carbocycles. The Morgan fingerprint density at radius 1 is 1.13 bits per heavy atom. The number of hydrogen-bond acceptors (Lipinski definition) is 6. The molecule has 31 heavy (non-hydrogen) atoms. The van der Waals surface area contributed by atoms with E-state index < -0.39 is 0 Å². The normalized spacial score (nSPS) is 14.0. The number of fused-ring (bicyclic) bond motifs is 2. The molecule has 0 amide bonds. The molecule has 2 aromatic carbocycles. The van der Waals surface area contributed by atoms with Crippen LogP contribution in [-0.2, 0) is 19.5 Å². The molecule has 0 fully saturated rings. The molecule has 1 aliphatic rings. The number of halogens is 1. The van der Waals surface area contributed by atoms with Gasteiger partial charge < -0.3 is 15.1 Å². The highest BCUT2D eigenvalue weighted by Crippen LogP contribution is 2.23. The molecule has 0 atom stereocenters. The monoisotopic (exact) mass is 434 g/mol. The van der Waals surface area contributed by atoms with E-state index in [1.165, 1.54) is 0 Å². The van der Waals surface area contributed by atoms with Gasteiger partial charge >= 0.3 is 0 Å². The van der Waals surface area contributed by atoms with Crippen molar-refractivity contribution in [3.8, 4) is 11.4 Å². The predicted octanol–water partition coefficient (Wildman–Crippen LogP) is 3.34. The van der Waals surface area contributed by atoms with Crippen LogP contribution in [0.5, 0.6) is 0 Å². The lowest BCUT2D eigenvalue weighted by Gasteiger charge is -2.27. The highest BCUT2D eigenvalue weighted by atomic mass is 35.5. The number of anilines is 1. The molecule has 3 heterocycles. The number of nitrogens with two attached hydrogens (primary N) is 1. The Morgan fingerprint density at radius 2 is 1.90 bits per heavy atom. The molecule has 0 spiro atoms. The minimum Gasteiger partial charge on any atom is -0.440 e. The molecule has 5 rings (SSSR count). The summed E-state index contributed by atoms with van der Waals surface area (Å²) in [6, 6.07) is 14.2. The molecule has 0 radical (unpaired) electrons. The number of aromatic amines is 1. The van der Waals surface area contributed by atoms with E-state index in [2.05, 4.69) is 9.97 Å². The summed E-state index contributed by atoms with van der Waals surface area (Å²) in [4.78, 5) is 35.2. The van der Waals surface area contributed by atoms with Crippen molar-refractivity contribution in [2.45, 2.75) is 19.5 Å². The van der Waals surface area contributed by atoms with Crippen LogP contribution >= 0.6 is 11.6 Å². The number of nitrogens with one attached hydrogen (secondary N) is 1. The number of nitrogen functional groups attached to an aromatic ring is 1. The first-order chi connectivity index (χ1) is 15.0. The zero-order valence-electron chi connectivity index (χ0n) is 16.5. The zero-order valence-corrected chi connectivity index (χ0v) is 17.3. The van der Waals surface area contributed by atoms with Gasteiger partial charge in [0, 0.05) is 36.6 Å². The first-order valence-corrected chi connectivity index (χ1v) is 10.3. The van der Waals surface area contributed by atoms with E-state index in [4.69, 9.17) is 21.8 Å². The van der Waals surface area contributed by atoms with Gasteiger partial charge in [0.15, 0.2) is 11.3 Å². The first kappa shape index (κ1) is 19.5. The largest absolute Gasteiger partial charge is 0.440 e. The number of para-hydroxylation sites is 1. The molecule has 1 aliphatic heterocycles. The number of hydrogen-bond donors (Lipinski definition) is 2. The fourth-order valence-electron chi connectivity index (χ4n) is 3.93. The van der Waals surface area contributed by atoms with E-state index in [1.54, 1.807) is 36.4 Å². The van der Waals surface area contributed by atoms with Gasteiger partial charge in [0.25, 0.3) is 5.56 Å². The smallest absolute Gasteiger partial charge is 0.255 e. The average molecular weight is 435 g/mol. The Morgan fingerprint density at radius 3 is 2.71 bits per heavy atom. The van der Waals surface area contributed by atoms with Crippen LogP contribution in [0.25, 0.3) is 22.4 Å². The van der Waals surface area contributed by atoms with Crippen LogP contribution in [0, 0.1) is 0 Å². The van der Waals surface area contributed by atoms with Crippen LogP contribution < -0.4 is 16.7 Å². The van der Waals surface area contributed by atoms with Crippen molar-refractivity contribution in [1.29, 1.82) is 0 Å². The Kier molecular flexibility index (Phi) is 4.84. The third-order valence-electron chi connectivity index (χ3n) is 5.57. The summed E-state index contributed by atoms with van der Waals surface area (Å²) in [5.41, 5.74) is 8.76. The summed E-state index contributed by atoms with van der Waals surface area (Å²) < 4.78 is 5.64. The molecule has 2 aromatic heterocycles. The predicted molar refractivity (Wildman–Crippen MR) is 120 cm³/mol. The van der Waals surface area contributed by atoms with Crippen molar-refractivity contribution in [2.75, 3.05) is 12.3 Å². The highest BCUT2D eigenvalue weighted by molar-refractivity contribution is 6.30. The van der Waals surface area contributed by atoms with Crippen molar-refractivity contribution >= 4 is 28.5 Å². The minimum atomic E-state index is -0.182. The quantitative estimate of drug-likeness (QED) is 0.512. The van der Waals surface area contributed by atoms with Crippen molar-refractivity contribution < 1.29 is 4.42 Å². The molecule has 0 unspecified atom stereocenters. The number of aromatic nitrogens is 2. The van der Waals surface area contributed by atoms with Gasteiger partial charge in [-0.25, -0.2) is 4.98 Å². The Labute approximate surface area is 182 Å². The molecule has 156 valence electrons. The topological polar surface area (TPSA) is 105 Å². The third kappa shape index (κ3) is 3.62. The van der Waals surface area contributed by atoms with Crippen molar-refractivity contribution in [3.63, 3.8) is 0 Å². The highest BCUT2D eigenvalue weighted by Gasteiger charge is 2.24. The summed E-state index contributed by atoms with van der Waals surface area (Å²) in [5.74, 6) is 0.632. The number of rotatable bonds is 3. The van der Waals surface area contributed by atoms with Crippen LogP contribution in [0.2, 0.25) is 5.02 Å². The van der Waals surface area contributed by atoms with Gasteiger partial charge in [0.1, 0.15) is 11.4 Å². The molecule has 0 bridgehead atoms. The van der Waals surface area contributed by atoms with E-state index in [-0.39, 0.29) is 16.9 Å². The summed E-state index contributed by atoms with van der Waals surface area (Å²) in [5, 5.41) is 1.12. The maximum atomic E-state index is 12.9. The fraction of sp³-hybridized carbons (Fsp3) is 0.174. The molecule has 8 heteroatoms. The van der Waals surface area contributed by atoms with Gasteiger partial charge in [-0.1, -0.05) is 23.7 Å². The van der Waals surface area contributed by atoms with E-state index in [9.17, 15) is 9.59 Å². The Balaban J connectivity index is 1.44. The van der Waals surface area contributed by atoms with Crippen LogP contribution in [0.4, 0.5) is 5.88 Å². The van der Waals surface area contributed by atoms with E-state index >= 15 is 0 Å². The standard InChI is InChI=1S/C23H19ClN4O3/c24-14-7-5-13(6-8-14)22-26-18-9-10-28(11-16(18)23(30)27-22)12-17-20(29)15-3-1-2-4-19(15)31-21(17)25/h1-8H,9-12,25H2,(H,26,27,30). The zero-order chi connectivity index (χ0) is 21.5. The lowest BCUT2D eigenvalue weighted by molar-refractivity contribution is 0.240. The van der Waals surface area contributed by atoms with E-state index in [1.807, 2.05) is 17.0 Å². The number of nitrogens with zero attached hydrogens (tertiary/aromatic N) is 2. The van der Waals surface area contributed by atoms with Crippen molar-refractivity contribution in [1.82, 2.24) is 14.9 Å². The second-order valence-corrected chi connectivity index (χ2v) is 8.01. The fourth-order valence-corrected chi connectivity index (χ4v) is 4.06. The molecule has 3 N–H and O–H groups in total. The van der Waals surface area contributed by atoms with Crippen LogP contribution in [0.1, 0.15) is 16.8 Å². The molecule has 7 nitrogen and oxygen atoms in total. The van der Waals surface area contributed by atoms with Crippen LogP contribution in [0.15, 0.2) is 62.5 Å². The van der Waals surface area contributed by atoms with Crippen molar-refractivity contribution in [2.24, 2.45) is 0 Å². The second kappa shape index (κ2) is 7.68. The average Bonchev–Trinajstić information content (AvgIpc) is 2.77. The van der Waals surface area contributed by atoms with Gasteiger partial charge in [0.2, 0.25) is 0 Å². The third-order valence-corrected chi connectivity index (χ3v) is 5.82. The molecule has 0 saturated heterocycles. The molecular formula is C23H19ClN4O3. The maximum absolute atomic E-state index is 12.9. The Hall–Kier alpha value is -3.42. The lowest BCUT2D eigenvalue weighted by atomic mass is 10.0. The summed E-state index contributed by atoms with van der Waals surface area (Å²) in [6.07, 6.45) is 0.596. The van der Waals surface area contributed by atoms with Gasteiger partial charge in [0.05, 0.1) is 22.2 Å². The number of benzene rings is 2. The van der Waals surface area contributed by atoms with Gasteiger partial charge in [-0.05, 0) is 36.4 Å². The summed E-state index contributed by atoms with van der Waals surface area (Å²) in [7, 11) is 0. The first-order valence-electron chi connectivity index (χ1n) is 9.90.